The number of halogens is 2. The highest BCUT2D eigenvalue weighted by Gasteiger charge is 2.17. The summed E-state index contributed by atoms with van der Waals surface area (Å²) in [6, 6.07) is 9.40. The molecule has 1 aliphatic heterocycles. The smallest absolute Gasteiger partial charge is 0.241 e. The zero-order valence-electron chi connectivity index (χ0n) is 16.9. The fourth-order valence-electron chi connectivity index (χ4n) is 2.98. The fourth-order valence-corrected chi connectivity index (χ4v) is 2.98. The molecule has 1 saturated heterocycles. The molecule has 0 atom stereocenters. The maximum atomic E-state index is 13.0. The fraction of sp³-hybridized carbons (Fsp3) is 0.381. The number of rotatable bonds is 7. The van der Waals surface area contributed by atoms with Crippen molar-refractivity contribution in [3.63, 3.8) is 0 Å². The number of guanidine groups is 1. The lowest BCUT2D eigenvalue weighted by molar-refractivity contribution is -0.128. The third-order valence-electron chi connectivity index (χ3n) is 4.47. The largest absolute Gasteiger partial charge is 0.439 e. The number of pyridine rings is 1. The van der Waals surface area contributed by atoms with E-state index in [-0.39, 0.29) is 42.2 Å². The van der Waals surface area contributed by atoms with Crippen LogP contribution in [0.3, 0.4) is 0 Å². The van der Waals surface area contributed by atoms with E-state index in [0.717, 1.165) is 31.5 Å². The Morgan fingerprint density at radius 3 is 2.63 bits per heavy atom. The molecule has 1 aromatic carbocycles. The van der Waals surface area contributed by atoms with Crippen LogP contribution in [0.5, 0.6) is 11.6 Å². The molecule has 1 amide bonds. The summed E-state index contributed by atoms with van der Waals surface area (Å²) in [7, 11) is 0. The van der Waals surface area contributed by atoms with Crippen molar-refractivity contribution < 1.29 is 13.9 Å². The average molecular weight is 527 g/mol. The van der Waals surface area contributed by atoms with Crippen molar-refractivity contribution in [3.8, 4) is 11.6 Å². The van der Waals surface area contributed by atoms with Gasteiger partial charge in [-0.15, -0.1) is 24.0 Å². The molecule has 2 heterocycles. The molecule has 0 radical (unpaired) electrons. The molecule has 0 aliphatic carbocycles. The minimum absolute atomic E-state index is 0. The van der Waals surface area contributed by atoms with E-state index in [1.165, 1.54) is 12.1 Å². The highest BCUT2D eigenvalue weighted by Crippen LogP contribution is 2.20. The van der Waals surface area contributed by atoms with Crippen molar-refractivity contribution in [2.45, 2.75) is 26.3 Å². The maximum Gasteiger partial charge on any atom is 0.241 e. The highest BCUT2D eigenvalue weighted by atomic mass is 127. The third kappa shape index (κ3) is 7.43. The van der Waals surface area contributed by atoms with Crippen LogP contribution in [0.25, 0.3) is 0 Å². The normalized spacial score (nSPS) is 13.5. The monoisotopic (exact) mass is 527 g/mol. The van der Waals surface area contributed by atoms with Gasteiger partial charge in [-0.25, -0.2) is 14.4 Å². The van der Waals surface area contributed by atoms with Gasteiger partial charge in [0.2, 0.25) is 11.8 Å². The van der Waals surface area contributed by atoms with Gasteiger partial charge in [0, 0.05) is 31.9 Å². The molecule has 0 unspecified atom stereocenters. The zero-order chi connectivity index (χ0) is 20.5. The van der Waals surface area contributed by atoms with Gasteiger partial charge in [-0.05, 0) is 55.7 Å². The van der Waals surface area contributed by atoms with E-state index in [1.54, 1.807) is 24.4 Å². The number of nitrogens with one attached hydrogen (secondary N) is 2. The predicted octanol–water partition coefficient (Wildman–Crippen LogP) is 3.31. The summed E-state index contributed by atoms with van der Waals surface area (Å²) in [5.41, 5.74) is 0.903. The van der Waals surface area contributed by atoms with E-state index in [4.69, 9.17) is 4.74 Å². The Bertz CT molecular complexity index is 842. The molecule has 7 nitrogen and oxygen atoms in total. The predicted molar refractivity (Wildman–Crippen MR) is 125 cm³/mol. The molecule has 1 fully saturated rings. The molecule has 1 aliphatic rings. The number of hydrogen-bond donors (Lipinski definition) is 2. The van der Waals surface area contributed by atoms with Gasteiger partial charge in [-0.3, -0.25) is 4.79 Å². The number of carbonyl (C=O) groups is 1. The number of aliphatic imine (C=N–C) groups is 1. The van der Waals surface area contributed by atoms with Gasteiger partial charge in [0.25, 0.3) is 0 Å². The molecule has 30 heavy (non-hydrogen) atoms. The summed E-state index contributed by atoms with van der Waals surface area (Å²) in [6.45, 7) is 4.96. The van der Waals surface area contributed by atoms with Crippen molar-refractivity contribution in [1.82, 2.24) is 20.5 Å². The molecule has 3 rings (SSSR count). The Kier molecular flexibility index (Phi) is 9.78. The molecular formula is C21H27FIN5O2. The van der Waals surface area contributed by atoms with Gasteiger partial charge in [0.05, 0.1) is 13.1 Å². The first-order valence-corrected chi connectivity index (χ1v) is 9.82. The second-order valence-corrected chi connectivity index (χ2v) is 6.69. The minimum Gasteiger partial charge on any atom is -0.439 e. The third-order valence-corrected chi connectivity index (χ3v) is 4.47. The van der Waals surface area contributed by atoms with Crippen molar-refractivity contribution >= 4 is 35.8 Å². The molecular weight excluding hydrogens is 500 g/mol. The van der Waals surface area contributed by atoms with E-state index in [1.807, 2.05) is 17.9 Å². The number of aromatic nitrogens is 1. The van der Waals surface area contributed by atoms with Crippen LogP contribution >= 0.6 is 24.0 Å². The molecule has 9 heteroatoms. The minimum atomic E-state index is -0.319. The number of nitrogens with zero attached hydrogens (tertiary/aromatic N) is 3. The first-order chi connectivity index (χ1) is 14.1. The maximum absolute atomic E-state index is 13.0. The van der Waals surface area contributed by atoms with E-state index in [9.17, 15) is 9.18 Å². The number of benzene rings is 1. The number of hydrogen-bond acceptors (Lipinski definition) is 4. The lowest BCUT2D eigenvalue weighted by Gasteiger charge is -2.17. The summed E-state index contributed by atoms with van der Waals surface area (Å²) in [5.74, 6) is 1.27. The second kappa shape index (κ2) is 12.3. The lowest BCUT2D eigenvalue weighted by atomic mass is 10.2. The second-order valence-electron chi connectivity index (χ2n) is 6.69. The van der Waals surface area contributed by atoms with Crippen molar-refractivity contribution in [3.05, 3.63) is 54.0 Å². The Labute approximate surface area is 193 Å². The molecule has 2 N–H and O–H groups in total. The molecule has 0 saturated carbocycles. The number of amides is 1. The molecule has 0 spiro atoms. The topological polar surface area (TPSA) is 78.9 Å². The van der Waals surface area contributed by atoms with Gasteiger partial charge < -0.3 is 20.3 Å². The summed E-state index contributed by atoms with van der Waals surface area (Å²) >= 11 is 0. The van der Waals surface area contributed by atoms with Crippen LogP contribution in [0.4, 0.5) is 4.39 Å². The van der Waals surface area contributed by atoms with Gasteiger partial charge in [0.15, 0.2) is 5.96 Å². The Balaban J connectivity index is 0.00000320. The quantitative estimate of drug-likeness (QED) is 0.328. The Morgan fingerprint density at radius 1 is 1.20 bits per heavy atom. The summed E-state index contributed by atoms with van der Waals surface area (Å²) in [6.07, 6.45) is 3.79. The lowest BCUT2D eigenvalue weighted by Crippen LogP contribution is -2.44. The first-order valence-electron chi connectivity index (χ1n) is 9.82. The SMILES string of the molecule is CCNC(=NCc1ccnc(Oc2ccc(F)cc2)c1)NCC(=O)N1CCCC1.I. The van der Waals surface area contributed by atoms with Crippen LogP contribution < -0.4 is 15.4 Å². The average Bonchev–Trinajstić information content (AvgIpc) is 3.27. The molecule has 1 aromatic heterocycles. The summed E-state index contributed by atoms with van der Waals surface area (Å²) in [4.78, 5) is 22.8. The van der Waals surface area contributed by atoms with E-state index < -0.39 is 0 Å². The number of likely N-dealkylation sites (tertiary alicyclic amines) is 1. The van der Waals surface area contributed by atoms with Crippen LogP contribution in [-0.4, -0.2) is 47.9 Å². The van der Waals surface area contributed by atoms with Crippen molar-refractivity contribution in [2.24, 2.45) is 4.99 Å². The number of carbonyl (C=O) groups excluding carboxylic acids is 1. The van der Waals surface area contributed by atoms with Crippen LogP contribution in [0.2, 0.25) is 0 Å². The molecule has 2 aromatic rings. The highest BCUT2D eigenvalue weighted by molar-refractivity contribution is 14.0. The molecule has 0 bridgehead atoms. The van der Waals surface area contributed by atoms with Gasteiger partial charge in [-0.2, -0.15) is 0 Å². The first kappa shape index (κ1) is 23.8. The van der Waals surface area contributed by atoms with Crippen molar-refractivity contribution in [2.75, 3.05) is 26.2 Å². The Hall–Kier alpha value is -2.43. The Morgan fingerprint density at radius 2 is 1.93 bits per heavy atom. The van der Waals surface area contributed by atoms with Crippen molar-refractivity contribution in [1.29, 1.82) is 0 Å². The van der Waals surface area contributed by atoms with Crippen LogP contribution in [0, 0.1) is 5.82 Å². The summed E-state index contributed by atoms with van der Waals surface area (Å²) in [5, 5.41) is 6.24. The van der Waals surface area contributed by atoms with Crippen LogP contribution in [-0.2, 0) is 11.3 Å². The van der Waals surface area contributed by atoms with Crippen LogP contribution in [0.1, 0.15) is 25.3 Å². The van der Waals surface area contributed by atoms with Gasteiger partial charge in [0.1, 0.15) is 11.6 Å². The zero-order valence-corrected chi connectivity index (χ0v) is 19.3. The van der Waals surface area contributed by atoms with E-state index in [2.05, 4.69) is 20.6 Å². The van der Waals surface area contributed by atoms with Crippen LogP contribution in [0.15, 0.2) is 47.6 Å². The summed E-state index contributed by atoms with van der Waals surface area (Å²) < 4.78 is 18.7. The van der Waals surface area contributed by atoms with E-state index >= 15 is 0 Å². The van der Waals surface area contributed by atoms with Gasteiger partial charge >= 0.3 is 0 Å². The molecule has 162 valence electrons. The standard InChI is InChI=1S/C21H26FN5O2.HI/c1-2-23-21(26-15-20(28)27-11-3-4-12-27)25-14-16-9-10-24-19(13-16)29-18-7-5-17(22)6-8-18;/h5-10,13H,2-4,11-12,14-15H2,1H3,(H2,23,25,26);1H. The van der Waals surface area contributed by atoms with E-state index in [0.29, 0.717) is 30.7 Å². The number of ether oxygens (including phenoxy) is 1. The van der Waals surface area contributed by atoms with Gasteiger partial charge in [-0.1, -0.05) is 0 Å².